The quantitative estimate of drug-likeness (QED) is 0.855. The summed E-state index contributed by atoms with van der Waals surface area (Å²) in [6.07, 6.45) is 0. The smallest absolute Gasteiger partial charge is 0.296 e. The molecule has 0 bridgehead atoms. The van der Waals surface area contributed by atoms with Crippen molar-refractivity contribution < 1.29 is 12.6 Å². The molecule has 0 fully saturated rings. The minimum Gasteiger partial charge on any atom is -0.330 e. The van der Waals surface area contributed by atoms with Gasteiger partial charge in [0.2, 0.25) is 5.17 Å². The second kappa shape index (κ2) is 4.10. The highest BCUT2D eigenvalue weighted by Gasteiger charge is 2.29. The molecular weight excluding hydrogens is 292 g/mol. The molecule has 1 atom stereocenters. The predicted octanol–water partition coefficient (Wildman–Crippen LogP) is 1.64. The van der Waals surface area contributed by atoms with Crippen molar-refractivity contribution in [3.8, 4) is 0 Å². The van der Waals surface area contributed by atoms with Gasteiger partial charge in [0.05, 0.1) is 20.8 Å². The van der Waals surface area contributed by atoms with Crippen LogP contribution in [0.5, 0.6) is 0 Å². The van der Waals surface area contributed by atoms with Crippen molar-refractivity contribution in [3.63, 3.8) is 0 Å². The lowest BCUT2D eigenvalue weighted by Gasteiger charge is -2.13. The maximum absolute atomic E-state index is 11.7. The van der Waals surface area contributed by atoms with Crippen LogP contribution >= 0.6 is 22.9 Å². The minimum atomic E-state index is -3.76. The number of halogens is 1. The predicted molar refractivity (Wildman–Crippen MR) is 66.3 cm³/mol. The molecule has 1 aliphatic heterocycles. The molecule has 0 spiro atoms. The number of fused-ring (bicyclic) bond motifs is 1. The Hall–Kier alpha value is -0.440. The summed E-state index contributed by atoms with van der Waals surface area (Å²) in [7, 11) is -5.20. The number of nitrogens with one attached hydrogen (secondary N) is 1. The van der Waals surface area contributed by atoms with Gasteiger partial charge in [0.15, 0.2) is 4.21 Å². The van der Waals surface area contributed by atoms with E-state index in [1.54, 1.807) is 6.92 Å². The zero-order chi connectivity index (χ0) is 11.9. The van der Waals surface area contributed by atoms with E-state index < -0.39 is 20.8 Å². The molecule has 0 aliphatic carbocycles. The summed E-state index contributed by atoms with van der Waals surface area (Å²) < 4.78 is 38.8. The van der Waals surface area contributed by atoms with E-state index in [9.17, 15) is 12.6 Å². The standard InChI is InChI=1S/C7H7ClN2O3S3/c1-2-15(11)7-9-4-3-5(8)14-6(4)16(12,13)10-7/h3H,2H2,1H3,(H,9,10). The number of sulfonamides is 1. The van der Waals surface area contributed by atoms with E-state index in [1.807, 2.05) is 0 Å². The van der Waals surface area contributed by atoms with Crippen molar-refractivity contribution in [2.75, 3.05) is 11.1 Å². The summed E-state index contributed by atoms with van der Waals surface area (Å²) in [5, 5.41) is 2.68. The SMILES string of the molecule is CCS(=O)C1=NS(=O)(=O)c2sc(Cl)cc2N1. The van der Waals surface area contributed by atoms with Gasteiger partial charge in [0.1, 0.15) is 0 Å². The molecule has 2 heterocycles. The second-order valence-corrected chi connectivity index (χ2v) is 8.02. The molecule has 88 valence electrons. The van der Waals surface area contributed by atoms with E-state index in [-0.39, 0.29) is 9.38 Å². The molecular formula is C7H7ClN2O3S3. The number of hydrogen-bond acceptors (Lipinski definition) is 5. The Morgan fingerprint density at radius 1 is 1.62 bits per heavy atom. The summed E-state index contributed by atoms with van der Waals surface area (Å²) in [5.74, 6) is 0.300. The zero-order valence-electron chi connectivity index (χ0n) is 8.06. The number of hydrogen-bond donors (Lipinski definition) is 1. The third-order valence-corrected chi connectivity index (χ3v) is 6.14. The minimum absolute atomic E-state index is 0.0375. The largest absolute Gasteiger partial charge is 0.330 e. The van der Waals surface area contributed by atoms with Gasteiger partial charge in [-0.1, -0.05) is 18.5 Å². The van der Waals surface area contributed by atoms with Crippen LogP contribution in [0.4, 0.5) is 5.69 Å². The first-order chi connectivity index (χ1) is 7.44. The Labute approximate surface area is 104 Å². The van der Waals surface area contributed by atoms with Crippen LogP contribution in [-0.4, -0.2) is 23.5 Å². The molecule has 0 radical (unpaired) electrons. The number of rotatable bonds is 1. The van der Waals surface area contributed by atoms with Gasteiger partial charge in [0.25, 0.3) is 10.0 Å². The maximum Gasteiger partial charge on any atom is 0.296 e. The van der Waals surface area contributed by atoms with Crippen LogP contribution in [0.25, 0.3) is 0 Å². The van der Waals surface area contributed by atoms with Gasteiger partial charge in [-0.2, -0.15) is 8.42 Å². The fourth-order valence-electron chi connectivity index (χ4n) is 1.15. The van der Waals surface area contributed by atoms with Crippen LogP contribution in [0, 0.1) is 0 Å². The number of thiophene rings is 1. The van der Waals surface area contributed by atoms with E-state index in [1.165, 1.54) is 6.07 Å². The third kappa shape index (κ3) is 2.02. The number of anilines is 1. The summed E-state index contributed by atoms with van der Waals surface area (Å²) in [6, 6.07) is 1.49. The van der Waals surface area contributed by atoms with Crippen LogP contribution in [-0.2, 0) is 20.8 Å². The van der Waals surface area contributed by atoms with Crippen LogP contribution in [0.15, 0.2) is 14.7 Å². The molecule has 0 saturated heterocycles. The molecule has 5 nitrogen and oxygen atoms in total. The van der Waals surface area contributed by atoms with Crippen LogP contribution in [0.2, 0.25) is 4.34 Å². The highest BCUT2D eigenvalue weighted by molar-refractivity contribution is 8.02. The first-order valence-electron chi connectivity index (χ1n) is 4.23. The normalized spacial score (nSPS) is 19.5. The first-order valence-corrected chi connectivity index (χ1v) is 8.19. The van der Waals surface area contributed by atoms with Crippen molar-refractivity contribution in [2.24, 2.45) is 4.40 Å². The Kier molecular flexibility index (Phi) is 3.08. The first kappa shape index (κ1) is 12.0. The van der Waals surface area contributed by atoms with E-state index in [0.29, 0.717) is 15.8 Å². The molecule has 1 aliphatic rings. The Morgan fingerprint density at radius 2 is 2.31 bits per heavy atom. The van der Waals surface area contributed by atoms with Gasteiger partial charge < -0.3 is 5.32 Å². The van der Waals surface area contributed by atoms with Crippen molar-refractivity contribution in [2.45, 2.75) is 11.1 Å². The van der Waals surface area contributed by atoms with E-state index in [4.69, 9.17) is 11.6 Å². The van der Waals surface area contributed by atoms with E-state index in [2.05, 4.69) is 9.71 Å². The van der Waals surface area contributed by atoms with Gasteiger partial charge >= 0.3 is 0 Å². The monoisotopic (exact) mass is 298 g/mol. The van der Waals surface area contributed by atoms with Gasteiger partial charge in [-0.3, -0.25) is 4.21 Å². The van der Waals surface area contributed by atoms with Gasteiger partial charge in [-0.05, 0) is 6.07 Å². The molecule has 1 N–H and O–H groups in total. The zero-order valence-corrected chi connectivity index (χ0v) is 11.3. The highest BCUT2D eigenvalue weighted by Crippen LogP contribution is 2.38. The van der Waals surface area contributed by atoms with Gasteiger partial charge in [-0.15, -0.1) is 15.7 Å². The lowest BCUT2D eigenvalue weighted by atomic mass is 10.5. The summed E-state index contributed by atoms with van der Waals surface area (Å²) in [5.41, 5.74) is 0.349. The molecule has 0 saturated carbocycles. The molecule has 16 heavy (non-hydrogen) atoms. The Balaban J connectivity index is 2.55. The van der Waals surface area contributed by atoms with Gasteiger partial charge in [-0.25, -0.2) is 0 Å². The topological polar surface area (TPSA) is 75.6 Å². The number of amidine groups is 1. The average molecular weight is 299 g/mol. The van der Waals surface area contributed by atoms with E-state index in [0.717, 1.165) is 11.3 Å². The van der Waals surface area contributed by atoms with E-state index >= 15 is 0 Å². The summed E-state index contributed by atoms with van der Waals surface area (Å²) >= 11 is 6.65. The van der Waals surface area contributed by atoms with Crippen LogP contribution in [0.1, 0.15) is 6.92 Å². The average Bonchev–Trinajstić information content (AvgIpc) is 2.57. The molecule has 9 heteroatoms. The third-order valence-electron chi connectivity index (χ3n) is 1.82. The van der Waals surface area contributed by atoms with Crippen LogP contribution in [0.3, 0.4) is 0 Å². The molecule has 0 aromatic carbocycles. The maximum atomic E-state index is 11.7. The van der Waals surface area contributed by atoms with Crippen LogP contribution < -0.4 is 5.32 Å². The van der Waals surface area contributed by atoms with Gasteiger partial charge in [0, 0.05) is 5.75 Å². The Bertz CT molecular complexity index is 590. The molecule has 1 aromatic rings. The van der Waals surface area contributed by atoms with Crippen molar-refractivity contribution in [1.29, 1.82) is 0 Å². The van der Waals surface area contributed by atoms with Crippen molar-refractivity contribution in [1.82, 2.24) is 0 Å². The Morgan fingerprint density at radius 3 is 2.94 bits per heavy atom. The molecule has 2 rings (SSSR count). The van der Waals surface area contributed by atoms with Crippen molar-refractivity contribution in [3.05, 3.63) is 10.4 Å². The second-order valence-electron chi connectivity index (χ2n) is 2.88. The van der Waals surface area contributed by atoms with Crippen molar-refractivity contribution >= 4 is 54.6 Å². The molecule has 1 aromatic heterocycles. The molecule has 0 amide bonds. The fourth-order valence-corrected chi connectivity index (χ4v) is 4.86. The summed E-state index contributed by atoms with van der Waals surface area (Å²) in [6.45, 7) is 1.68. The highest BCUT2D eigenvalue weighted by atomic mass is 35.5. The fraction of sp³-hybridized carbons (Fsp3) is 0.286. The summed E-state index contributed by atoms with van der Waals surface area (Å²) in [4.78, 5) is 0. The lowest BCUT2D eigenvalue weighted by molar-refractivity contribution is 0.600. The molecule has 1 unspecified atom stereocenters. The number of nitrogens with zero attached hydrogens (tertiary/aromatic N) is 1. The lowest BCUT2D eigenvalue weighted by Crippen LogP contribution is -2.25.